The SMILES string of the molecule is COCCCC(=O)Nc1nc(=O)n(C)cc1C. The highest BCUT2D eigenvalue weighted by atomic mass is 16.5. The van der Waals surface area contributed by atoms with Gasteiger partial charge in [-0.15, -0.1) is 0 Å². The van der Waals surface area contributed by atoms with Gasteiger partial charge in [0, 0.05) is 38.9 Å². The third kappa shape index (κ3) is 3.99. The van der Waals surface area contributed by atoms with Crippen molar-refractivity contribution in [3.8, 4) is 0 Å². The van der Waals surface area contributed by atoms with Crippen molar-refractivity contribution < 1.29 is 9.53 Å². The van der Waals surface area contributed by atoms with E-state index in [2.05, 4.69) is 10.3 Å². The molecule has 0 radical (unpaired) electrons. The molecule has 0 aliphatic rings. The largest absolute Gasteiger partial charge is 0.385 e. The molecule has 0 aliphatic carbocycles. The first-order chi connectivity index (χ1) is 8.04. The van der Waals surface area contributed by atoms with Crippen molar-refractivity contribution in [2.24, 2.45) is 7.05 Å². The molecule has 0 atom stereocenters. The normalized spacial score (nSPS) is 10.3. The van der Waals surface area contributed by atoms with Gasteiger partial charge in [-0.25, -0.2) is 4.79 Å². The zero-order valence-electron chi connectivity index (χ0n) is 10.3. The summed E-state index contributed by atoms with van der Waals surface area (Å²) in [5.74, 6) is 0.168. The number of carbonyl (C=O) groups is 1. The van der Waals surface area contributed by atoms with Crippen molar-refractivity contribution in [1.29, 1.82) is 0 Å². The van der Waals surface area contributed by atoms with Crippen LogP contribution in [-0.2, 0) is 16.6 Å². The molecule has 0 spiro atoms. The predicted octanol–water partition coefficient (Wildman–Crippen LogP) is 0.454. The van der Waals surface area contributed by atoms with E-state index in [-0.39, 0.29) is 11.6 Å². The molecule has 1 N–H and O–H groups in total. The number of nitrogens with zero attached hydrogens (tertiary/aromatic N) is 2. The number of hydrogen-bond acceptors (Lipinski definition) is 4. The molecule has 0 bridgehead atoms. The van der Waals surface area contributed by atoms with Crippen LogP contribution in [0.3, 0.4) is 0 Å². The van der Waals surface area contributed by atoms with E-state index in [1.165, 1.54) is 4.57 Å². The number of aromatic nitrogens is 2. The molecule has 0 saturated heterocycles. The average molecular weight is 239 g/mol. The number of carbonyl (C=O) groups excluding carboxylic acids is 1. The lowest BCUT2D eigenvalue weighted by Crippen LogP contribution is -2.24. The van der Waals surface area contributed by atoms with Gasteiger partial charge in [-0.2, -0.15) is 4.98 Å². The summed E-state index contributed by atoms with van der Waals surface area (Å²) in [4.78, 5) is 26.6. The third-order valence-corrected chi connectivity index (χ3v) is 2.28. The van der Waals surface area contributed by atoms with Gasteiger partial charge in [0.25, 0.3) is 0 Å². The molecule has 0 aliphatic heterocycles. The summed E-state index contributed by atoms with van der Waals surface area (Å²) in [6.07, 6.45) is 2.64. The van der Waals surface area contributed by atoms with Crippen LogP contribution in [-0.4, -0.2) is 29.2 Å². The molecule has 1 amide bonds. The van der Waals surface area contributed by atoms with E-state index in [1.807, 2.05) is 0 Å². The third-order valence-electron chi connectivity index (χ3n) is 2.28. The summed E-state index contributed by atoms with van der Waals surface area (Å²) in [5.41, 5.74) is 0.370. The quantitative estimate of drug-likeness (QED) is 0.757. The standard InChI is InChI=1S/C11H17N3O3/c1-8-7-14(2)11(16)13-10(8)12-9(15)5-4-6-17-3/h7H,4-6H2,1-3H3,(H,12,13,15,16). The minimum atomic E-state index is -0.386. The van der Waals surface area contributed by atoms with Crippen molar-refractivity contribution >= 4 is 11.7 Å². The molecule has 17 heavy (non-hydrogen) atoms. The van der Waals surface area contributed by atoms with Crippen LogP contribution < -0.4 is 11.0 Å². The number of rotatable bonds is 5. The molecule has 1 heterocycles. The van der Waals surface area contributed by atoms with Crippen LogP contribution in [0.2, 0.25) is 0 Å². The fraction of sp³-hybridized carbons (Fsp3) is 0.545. The van der Waals surface area contributed by atoms with Crippen LogP contribution in [0.5, 0.6) is 0 Å². The Morgan fingerprint density at radius 1 is 1.59 bits per heavy atom. The van der Waals surface area contributed by atoms with Crippen molar-refractivity contribution in [3.63, 3.8) is 0 Å². The smallest absolute Gasteiger partial charge is 0.349 e. The van der Waals surface area contributed by atoms with E-state index in [0.29, 0.717) is 25.3 Å². The van der Waals surface area contributed by atoms with Gasteiger partial charge in [0.05, 0.1) is 0 Å². The molecule has 6 heteroatoms. The summed E-state index contributed by atoms with van der Waals surface area (Å²) in [7, 11) is 3.21. The van der Waals surface area contributed by atoms with Crippen molar-refractivity contribution in [3.05, 3.63) is 22.2 Å². The maximum Gasteiger partial charge on any atom is 0.349 e. The molecule has 0 fully saturated rings. The minimum absolute atomic E-state index is 0.161. The number of amides is 1. The highest BCUT2D eigenvalue weighted by Gasteiger charge is 2.07. The number of aryl methyl sites for hydroxylation is 2. The van der Waals surface area contributed by atoms with E-state index < -0.39 is 0 Å². The van der Waals surface area contributed by atoms with Crippen LogP contribution in [0.1, 0.15) is 18.4 Å². The highest BCUT2D eigenvalue weighted by molar-refractivity contribution is 5.90. The Balaban J connectivity index is 2.65. The van der Waals surface area contributed by atoms with Crippen molar-refractivity contribution in [2.45, 2.75) is 19.8 Å². The van der Waals surface area contributed by atoms with Crippen LogP contribution in [0.25, 0.3) is 0 Å². The molecular weight excluding hydrogens is 222 g/mol. The zero-order valence-corrected chi connectivity index (χ0v) is 10.3. The summed E-state index contributed by atoms with van der Waals surface area (Å²) in [6, 6.07) is 0. The van der Waals surface area contributed by atoms with E-state index in [0.717, 1.165) is 5.56 Å². The average Bonchev–Trinajstić information content (AvgIpc) is 2.26. The highest BCUT2D eigenvalue weighted by Crippen LogP contribution is 2.07. The fourth-order valence-electron chi connectivity index (χ4n) is 1.37. The summed E-state index contributed by atoms with van der Waals surface area (Å²) in [5, 5.41) is 2.62. The van der Waals surface area contributed by atoms with Crippen LogP contribution >= 0.6 is 0 Å². The van der Waals surface area contributed by atoms with E-state index in [4.69, 9.17) is 4.74 Å². The maximum atomic E-state index is 11.5. The van der Waals surface area contributed by atoms with Crippen molar-refractivity contribution in [1.82, 2.24) is 9.55 Å². The summed E-state index contributed by atoms with van der Waals surface area (Å²) in [6.45, 7) is 2.33. The number of nitrogens with one attached hydrogen (secondary N) is 1. The molecular formula is C11H17N3O3. The molecule has 1 aromatic heterocycles. The minimum Gasteiger partial charge on any atom is -0.385 e. The van der Waals surface area contributed by atoms with E-state index >= 15 is 0 Å². The molecule has 94 valence electrons. The number of ether oxygens (including phenoxy) is 1. The lowest BCUT2D eigenvalue weighted by molar-refractivity contribution is -0.116. The maximum absolute atomic E-state index is 11.5. The van der Waals surface area contributed by atoms with Crippen molar-refractivity contribution in [2.75, 3.05) is 19.0 Å². The van der Waals surface area contributed by atoms with Crippen LogP contribution in [0.4, 0.5) is 5.82 Å². The Kier molecular flexibility index (Phi) is 4.84. The summed E-state index contributed by atoms with van der Waals surface area (Å²) < 4.78 is 6.22. The van der Waals surface area contributed by atoms with Gasteiger partial charge >= 0.3 is 5.69 Å². The summed E-state index contributed by atoms with van der Waals surface area (Å²) >= 11 is 0. The van der Waals surface area contributed by atoms with Gasteiger partial charge in [-0.1, -0.05) is 0 Å². The zero-order chi connectivity index (χ0) is 12.8. The van der Waals surface area contributed by atoms with Gasteiger partial charge in [0.2, 0.25) is 5.91 Å². The Morgan fingerprint density at radius 3 is 2.94 bits per heavy atom. The molecule has 1 rings (SSSR count). The van der Waals surface area contributed by atoms with Gasteiger partial charge in [-0.05, 0) is 13.3 Å². The second kappa shape index (κ2) is 6.15. The Bertz CT molecular complexity index is 454. The lowest BCUT2D eigenvalue weighted by atomic mass is 10.3. The Labute approximate surface area is 99.6 Å². The lowest BCUT2D eigenvalue weighted by Gasteiger charge is -2.07. The Morgan fingerprint density at radius 2 is 2.29 bits per heavy atom. The second-order valence-corrected chi connectivity index (χ2v) is 3.81. The molecule has 1 aromatic rings. The molecule has 0 aromatic carbocycles. The van der Waals surface area contributed by atoms with Gasteiger partial charge in [0.15, 0.2) is 0 Å². The molecule has 0 saturated carbocycles. The first-order valence-electron chi connectivity index (χ1n) is 5.37. The first kappa shape index (κ1) is 13.4. The van der Waals surface area contributed by atoms with Gasteiger partial charge in [-0.3, -0.25) is 4.79 Å². The van der Waals surface area contributed by atoms with Crippen LogP contribution in [0, 0.1) is 6.92 Å². The van der Waals surface area contributed by atoms with Crippen LogP contribution in [0.15, 0.2) is 11.0 Å². The first-order valence-corrected chi connectivity index (χ1v) is 5.37. The second-order valence-electron chi connectivity index (χ2n) is 3.81. The monoisotopic (exact) mass is 239 g/mol. The fourth-order valence-corrected chi connectivity index (χ4v) is 1.37. The number of anilines is 1. The number of hydrogen-bond donors (Lipinski definition) is 1. The molecule has 6 nitrogen and oxygen atoms in total. The Hall–Kier alpha value is -1.69. The van der Waals surface area contributed by atoms with Gasteiger partial charge in [0.1, 0.15) is 5.82 Å². The number of methoxy groups -OCH3 is 1. The van der Waals surface area contributed by atoms with Gasteiger partial charge < -0.3 is 14.6 Å². The van der Waals surface area contributed by atoms with E-state index in [9.17, 15) is 9.59 Å². The van der Waals surface area contributed by atoms with E-state index in [1.54, 1.807) is 27.3 Å². The predicted molar refractivity (Wildman–Crippen MR) is 64.0 cm³/mol. The molecule has 0 unspecified atom stereocenters. The topological polar surface area (TPSA) is 73.2 Å².